The molecule has 1 heterocycles. The molecule has 0 bridgehead atoms. The van der Waals surface area contributed by atoms with E-state index in [4.69, 9.17) is 28.4 Å². The molecular weight excluding hydrogens is 740 g/mol. The zero-order valence-electron chi connectivity index (χ0n) is 35.3. The average Bonchev–Trinajstić information content (AvgIpc) is 3.70. The van der Waals surface area contributed by atoms with Crippen LogP contribution in [0.4, 0.5) is 0 Å². The van der Waals surface area contributed by atoms with Crippen molar-refractivity contribution in [2.45, 2.75) is 170 Å². The number of aliphatic hydroxyl groups is 2. The summed E-state index contributed by atoms with van der Waals surface area (Å²) in [4.78, 5) is 76.8. The zero-order chi connectivity index (χ0) is 42.4. The Balaban J connectivity index is 1.31. The molecule has 318 valence electrons. The number of ketones is 2. The van der Waals surface area contributed by atoms with Gasteiger partial charge in [-0.15, -0.1) is 0 Å². The Morgan fingerprint density at radius 1 is 0.912 bits per heavy atom. The molecule has 0 aromatic carbocycles. The van der Waals surface area contributed by atoms with Crippen molar-refractivity contribution in [1.82, 2.24) is 0 Å². The summed E-state index contributed by atoms with van der Waals surface area (Å²) >= 11 is 0. The maximum absolute atomic E-state index is 14.3. The van der Waals surface area contributed by atoms with Gasteiger partial charge in [0.05, 0.1) is 18.3 Å². The minimum Gasteiger partial charge on any atom is -0.462 e. The van der Waals surface area contributed by atoms with Crippen LogP contribution in [0, 0.1) is 44.8 Å². The third-order valence-electron chi connectivity index (χ3n) is 15.2. The van der Waals surface area contributed by atoms with Gasteiger partial charge in [-0.2, -0.15) is 0 Å². The van der Waals surface area contributed by atoms with Crippen molar-refractivity contribution in [3.8, 4) is 0 Å². The molecule has 5 fully saturated rings. The van der Waals surface area contributed by atoms with E-state index in [0.29, 0.717) is 19.3 Å². The van der Waals surface area contributed by atoms with Crippen LogP contribution in [0.15, 0.2) is 11.6 Å². The summed E-state index contributed by atoms with van der Waals surface area (Å²) in [5, 5.41) is 20.9. The number of rotatable bonds is 11. The van der Waals surface area contributed by atoms with Gasteiger partial charge in [0.25, 0.3) is 0 Å². The zero-order valence-corrected chi connectivity index (χ0v) is 35.3. The summed E-state index contributed by atoms with van der Waals surface area (Å²) in [6, 6.07) is 0. The van der Waals surface area contributed by atoms with E-state index >= 15 is 0 Å². The van der Waals surface area contributed by atoms with E-state index in [1.165, 1.54) is 41.5 Å². The van der Waals surface area contributed by atoms with Crippen molar-refractivity contribution in [2.24, 2.45) is 44.8 Å². The number of hydrogen-bond donors (Lipinski definition) is 2. The number of aliphatic hydroxyl groups excluding tert-OH is 1. The Morgan fingerprint density at radius 3 is 2.09 bits per heavy atom. The largest absolute Gasteiger partial charge is 0.462 e. The number of ether oxygens (including phenoxy) is 6. The molecule has 1 saturated heterocycles. The molecule has 4 saturated carbocycles. The summed E-state index contributed by atoms with van der Waals surface area (Å²) in [7, 11) is 0. The van der Waals surface area contributed by atoms with Crippen molar-refractivity contribution in [3.63, 3.8) is 0 Å². The minimum atomic E-state index is -1.62. The van der Waals surface area contributed by atoms with Gasteiger partial charge in [-0.1, -0.05) is 46.3 Å². The van der Waals surface area contributed by atoms with Gasteiger partial charge in [0.1, 0.15) is 18.0 Å². The third kappa shape index (κ3) is 6.87. The quantitative estimate of drug-likeness (QED) is 0.170. The second kappa shape index (κ2) is 14.5. The fraction of sp³-hybridized carbons (Fsp3) is 0.814. The van der Waals surface area contributed by atoms with Gasteiger partial charge in [-0.25, -0.2) is 0 Å². The van der Waals surface area contributed by atoms with Crippen LogP contribution in [-0.2, 0) is 57.2 Å². The van der Waals surface area contributed by atoms with Crippen molar-refractivity contribution in [1.29, 1.82) is 0 Å². The van der Waals surface area contributed by atoms with E-state index in [2.05, 4.69) is 33.8 Å². The number of hydrogen-bond acceptors (Lipinski definition) is 14. The number of allylic oxidation sites excluding steroid dienone is 1. The Hall–Kier alpha value is -3.20. The number of fused-ring (bicyclic) bond motifs is 2. The molecule has 0 aromatic heterocycles. The van der Waals surface area contributed by atoms with Gasteiger partial charge >= 0.3 is 23.9 Å². The van der Waals surface area contributed by atoms with Crippen LogP contribution in [0.2, 0.25) is 0 Å². The molecule has 0 amide bonds. The highest BCUT2D eigenvalue weighted by molar-refractivity contribution is 5.89. The first-order valence-corrected chi connectivity index (χ1v) is 20.4. The van der Waals surface area contributed by atoms with E-state index in [-0.39, 0.29) is 36.6 Å². The van der Waals surface area contributed by atoms with Crippen LogP contribution < -0.4 is 0 Å². The summed E-state index contributed by atoms with van der Waals surface area (Å²) in [5.41, 5.74) is -3.00. The van der Waals surface area contributed by atoms with E-state index in [9.17, 15) is 39.0 Å². The fourth-order valence-corrected chi connectivity index (χ4v) is 12.8. The lowest BCUT2D eigenvalue weighted by Crippen LogP contribution is -2.61. The molecule has 0 radical (unpaired) electrons. The lowest BCUT2D eigenvalue weighted by molar-refractivity contribution is -0.306. The fourth-order valence-electron chi connectivity index (χ4n) is 12.8. The maximum Gasteiger partial charge on any atom is 0.303 e. The summed E-state index contributed by atoms with van der Waals surface area (Å²) in [6.45, 7) is 18.1. The molecular formula is C43H62O14. The molecule has 6 aliphatic rings. The van der Waals surface area contributed by atoms with Gasteiger partial charge in [0.15, 0.2) is 30.4 Å². The van der Waals surface area contributed by atoms with Crippen LogP contribution in [0.3, 0.4) is 0 Å². The molecule has 14 heteroatoms. The van der Waals surface area contributed by atoms with Gasteiger partial charge in [0.2, 0.25) is 0 Å². The highest BCUT2D eigenvalue weighted by Gasteiger charge is 2.85. The van der Waals surface area contributed by atoms with E-state index in [1.54, 1.807) is 0 Å². The van der Waals surface area contributed by atoms with Gasteiger partial charge < -0.3 is 38.6 Å². The van der Waals surface area contributed by atoms with Crippen LogP contribution in [0.1, 0.15) is 121 Å². The topological polar surface area (TPSA) is 198 Å². The monoisotopic (exact) mass is 802 g/mol. The molecule has 14 nitrogen and oxygen atoms in total. The van der Waals surface area contributed by atoms with Gasteiger partial charge in [-0.3, -0.25) is 28.8 Å². The molecule has 1 aliphatic heterocycles. The number of carbonyl (C=O) groups is 6. The van der Waals surface area contributed by atoms with Crippen LogP contribution in [0.25, 0.3) is 0 Å². The highest BCUT2D eigenvalue weighted by Crippen LogP contribution is 2.88. The van der Waals surface area contributed by atoms with Crippen molar-refractivity contribution >= 4 is 35.4 Å². The minimum absolute atomic E-state index is 0.0460. The second-order valence-electron chi connectivity index (χ2n) is 19.6. The number of carbonyl (C=O) groups excluding carboxylic acids is 6. The Labute approximate surface area is 335 Å². The molecule has 6 rings (SSSR count). The molecule has 2 spiro atoms. The summed E-state index contributed by atoms with van der Waals surface area (Å²) in [6.07, 6.45) is -1.37. The molecule has 2 N–H and O–H groups in total. The van der Waals surface area contributed by atoms with Crippen molar-refractivity contribution in [3.05, 3.63) is 11.6 Å². The number of esters is 4. The highest BCUT2D eigenvalue weighted by atomic mass is 16.7. The Morgan fingerprint density at radius 2 is 1.51 bits per heavy atom. The van der Waals surface area contributed by atoms with E-state index in [1.807, 2.05) is 6.92 Å². The van der Waals surface area contributed by atoms with Crippen LogP contribution in [-0.4, -0.2) is 101 Å². The Kier molecular flexibility index (Phi) is 11.0. The molecule has 0 unspecified atom stereocenters. The first kappa shape index (κ1) is 43.4. The average molecular weight is 803 g/mol. The van der Waals surface area contributed by atoms with E-state index in [0.717, 1.165) is 18.4 Å². The maximum atomic E-state index is 14.3. The smallest absolute Gasteiger partial charge is 0.303 e. The van der Waals surface area contributed by atoms with Crippen LogP contribution in [0.5, 0.6) is 0 Å². The predicted octanol–water partition coefficient (Wildman–Crippen LogP) is 4.33. The van der Waals surface area contributed by atoms with Crippen molar-refractivity contribution in [2.75, 3.05) is 6.61 Å². The van der Waals surface area contributed by atoms with Crippen molar-refractivity contribution < 1.29 is 67.4 Å². The SMILES string of the molecule is CC(=O)O[C@@H]1[C@H](O[C@H]2CC[C@]34C[C@@]35C(=CC[C@H]4C2(C)C)[C@]2(C)CC(=O)[C@H]([C@H](C)CC(=O)[C@H](O)C(C)(C)O)[C@@]2(C)C[C@@H]5OC(C)=O)OC[C@@H](OC(C)=O)[C@H]1OC(C)=O. The second-order valence-corrected chi connectivity index (χ2v) is 19.6. The third-order valence-corrected chi connectivity index (χ3v) is 15.2. The Bertz CT molecular complexity index is 1730. The normalized spacial score (nSPS) is 41.4. The molecule has 57 heavy (non-hydrogen) atoms. The first-order valence-electron chi connectivity index (χ1n) is 20.4. The lowest BCUT2D eigenvalue weighted by atomic mass is 9.44. The molecule has 0 aromatic rings. The standard InChI is InChI=1S/C43H62O14/c1-21(16-26(48)36(50)39(8,9)51)33-27(49)17-40(10)30-13-12-29-38(6,7)31(14-15-42(29)20-43(30,42)32(54-23(3)45)18-41(33,40)11)57-37-35(56-25(5)47)34(55-24(4)46)28(19-52-37)53-22(2)44/h13,21,28-29,31-37,50-51H,12,14-20H2,1-11H3/t21-,28-,29+,31+,32+,33+,34-,35+,36+,37+,40+,41-,42-,43+/m1/s1. The summed E-state index contributed by atoms with van der Waals surface area (Å²) < 4.78 is 35.8. The lowest BCUT2D eigenvalue weighted by Gasteiger charge is -2.61. The van der Waals surface area contributed by atoms with Gasteiger partial charge in [-0.05, 0) is 74.0 Å². The molecule has 5 aliphatic carbocycles. The van der Waals surface area contributed by atoms with Crippen LogP contribution >= 0.6 is 0 Å². The number of Topliss-reactive ketones (excluding diaryl/α,β-unsaturated/α-hetero) is 2. The summed E-state index contributed by atoms with van der Waals surface area (Å²) in [5.74, 6) is -3.71. The molecule has 14 atom stereocenters. The predicted molar refractivity (Wildman–Crippen MR) is 201 cm³/mol. The first-order chi connectivity index (χ1) is 26.3. The van der Waals surface area contributed by atoms with Gasteiger partial charge in [0, 0.05) is 57.3 Å². The van der Waals surface area contributed by atoms with E-state index < -0.39 is 112 Å².